The first-order chi connectivity index (χ1) is 10.2. The molecule has 0 radical (unpaired) electrons. The lowest BCUT2D eigenvalue weighted by atomic mass is 10.2. The zero-order valence-corrected chi connectivity index (χ0v) is 12.4. The van der Waals surface area contributed by atoms with Crippen LogP contribution in [0.1, 0.15) is 12.5 Å². The molecule has 1 amide bonds. The minimum Gasteiger partial charge on any atom is -0.307 e. The molecule has 2 aromatic rings. The fraction of sp³-hybridized carbons (Fsp3) is 0.125. The molecule has 0 atom stereocenters. The molecule has 0 saturated heterocycles. The smallest absolute Gasteiger partial charge is 0.249 e. The summed E-state index contributed by atoms with van der Waals surface area (Å²) in [6.45, 7) is 2.46. The predicted molar refractivity (Wildman–Crippen MR) is 85.4 cm³/mol. The molecule has 1 heterocycles. The van der Waals surface area contributed by atoms with Crippen LogP contribution >= 0.6 is 11.6 Å². The van der Waals surface area contributed by atoms with Crippen molar-refractivity contribution in [2.75, 3.05) is 5.32 Å². The molecule has 0 saturated carbocycles. The van der Waals surface area contributed by atoms with Crippen molar-refractivity contribution < 1.29 is 4.79 Å². The fourth-order valence-electron chi connectivity index (χ4n) is 1.75. The van der Waals surface area contributed by atoms with Gasteiger partial charge in [-0.25, -0.2) is 4.68 Å². The van der Waals surface area contributed by atoms with Crippen LogP contribution in [0.5, 0.6) is 0 Å². The first-order valence-electron chi connectivity index (χ1n) is 6.55. The maximum Gasteiger partial charge on any atom is 0.249 e. The summed E-state index contributed by atoms with van der Waals surface area (Å²) in [4.78, 5) is 11.7. The van der Waals surface area contributed by atoms with Crippen LogP contribution in [0.15, 0.2) is 60.8 Å². The lowest BCUT2D eigenvalue weighted by Gasteiger charge is -2.08. The molecular formula is C16H16ClN3O. The van der Waals surface area contributed by atoms with Gasteiger partial charge in [0.2, 0.25) is 5.91 Å². The molecule has 0 fully saturated rings. The van der Waals surface area contributed by atoms with Crippen molar-refractivity contribution in [2.45, 2.75) is 13.5 Å². The fourth-order valence-corrected chi connectivity index (χ4v) is 1.88. The molecule has 0 aliphatic rings. The van der Waals surface area contributed by atoms with Gasteiger partial charge in [-0.3, -0.25) is 4.79 Å². The number of nitrogens with one attached hydrogen (secondary N) is 1. The molecular weight excluding hydrogens is 286 g/mol. The van der Waals surface area contributed by atoms with Gasteiger partial charge in [-0.2, -0.15) is 5.10 Å². The van der Waals surface area contributed by atoms with E-state index >= 15 is 0 Å². The van der Waals surface area contributed by atoms with Gasteiger partial charge in [0.15, 0.2) is 0 Å². The second-order valence-corrected chi connectivity index (χ2v) is 4.81. The monoisotopic (exact) mass is 301 g/mol. The van der Waals surface area contributed by atoms with E-state index in [1.165, 1.54) is 6.08 Å². The SMILES string of the molecule is CC=CC=CC(=O)Nc1ccnn1Cc1ccc(Cl)cc1. The Morgan fingerprint density at radius 3 is 2.76 bits per heavy atom. The summed E-state index contributed by atoms with van der Waals surface area (Å²) in [5.74, 6) is 0.464. The highest BCUT2D eigenvalue weighted by molar-refractivity contribution is 6.30. The first kappa shape index (κ1) is 15.1. The van der Waals surface area contributed by atoms with Crippen molar-refractivity contribution in [3.63, 3.8) is 0 Å². The Bertz CT molecular complexity index is 656. The largest absolute Gasteiger partial charge is 0.307 e. The van der Waals surface area contributed by atoms with Gasteiger partial charge in [0.05, 0.1) is 12.7 Å². The Hall–Kier alpha value is -2.33. The molecule has 1 aromatic heterocycles. The summed E-state index contributed by atoms with van der Waals surface area (Å²) < 4.78 is 1.73. The standard InChI is InChI=1S/C16H16ClN3O/c1-2-3-4-5-16(21)19-15-10-11-18-20(15)12-13-6-8-14(17)9-7-13/h2-11H,12H2,1H3,(H,19,21). The summed E-state index contributed by atoms with van der Waals surface area (Å²) in [6.07, 6.45) is 8.47. The van der Waals surface area contributed by atoms with Gasteiger partial charge in [-0.1, -0.05) is 42.0 Å². The van der Waals surface area contributed by atoms with Crippen LogP contribution in [0.2, 0.25) is 5.02 Å². The van der Waals surface area contributed by atoms with Crippen molar-refractivity contribution in [1.29, 1.82) is 0 Å². The van der Waals surface area contributed by atoms with Gasteiger partial charge >= 0.3 is 0 Å². The number of halogens is 1. The third-order valence-electron chi connectivity index (χ3n) is 2.76. The summed E-state index contributed by atoms with van der Waals surface area (Å²) in [5.41, 5.74) is 1.06. The molecule has 1 aromatic carbocycles. The maximum atomic E-state index is 11.7. The van der Waals surface area contributed by atoms with Crippen molar-refractivity contribution in [3.05, 3.63) is 71.4 Å². The maximum absolute atomic E-state index is 11.7. The highest BCUT2D eigenvalue weighted by Gasteiger charge is 2.05. The molecule has 0 aliphatic heterocycles. The average molecular weight is 302 g/mol. The Morgan fingerprint density at radius 1 is 1.29 bits per heavy atom. The number of carbonyl (C=O) groups is 1. The molecule has 5 heteroatoms. The molecule has 0 unspecified atom stereocenters. The Balaban J connectivity index is 2.04. The molecule has 0 spiro atoms. The number of hydrogen-bond donors (Lipinski definition) is 1. The van der Waals surface area contributed by atoms with E-state index in [4.69, 9.17) is 11.6 Å². The Labute approximate surface area is 128 Å². The van der Waals surface area contributed by atoms with Crippen LogP contribution in [-0.2, 0) is 11.3 Å². The van der Waals surface area contributed by atoms with Crippen molar-refractivity contribution in [3.8, 4) is 0 Å². The number of hydrogen-bond acceptors (Lipinski definition) is 2. The van der Waals surface area contributed by atoms with Crippen LogP contribution in [0, 0.1) is 0 Å². The van der Waals surface area contributed by atoms with Crippen molar-refractivity contribution >= 4 is 23.3 Å². The molecule has 4 nitrogen and oxygen atoms in total. The predicted octanol–water partition coefficient (Wildman–Crippen LogP) is 3.66. The van der Waals surface area contributed by atoms with Crippen LogP contribution in [0.25, 0.3) is 0 Å². The highest BCUT2D eigenvalue weighted by atomic mass is 35.5. The minimum absolute atomic E-state index is 0.189. The van der Waals surface area contributed by atoms with Gasteiger partial charge in [0.1, 0.15) is 5.82 Å². The van der Waals surface area contributed by atoms with Crippen LogP contribution in [-0.4, -0.2) is 15.7 Å². The van der Waals surface area contributed by atoms with E-state index in [9.17, 15) is 4.79 Å². The number of aromatic nitrogens is 2. The van der Waals surface area contributed by atoms with Gasteiger partial charge in [-0.15, -0.1) is 0 Å². The van der Waals surface area contributed by atoms with Gasteiger partial charge in [0, 0.05) is 17.2 Å². The lowest BCUT2D eigenvalue weighted by molar-refractivity contribution is -0.111. The molecule has 0 bridgehead atoms. The van der Waals surface area contributed by atoms with E-state index in [-0.39, 0.29) is 5.91 Å². The van der Waals surface area contributed by atoms with Crippen molar-refractivity contribution in [2.24, 2.45) is 0 Å². The molecule has 21 heavy (non-hydrogen) atoms. The van der Waals surface area contributed by atoms with Gasteiger partial charge in [0.25, 0.3) is 0 Å². The number of carbonyl (C=O) groups excluding carboxylic acids is 1. The van der Waals surface area contributed by atoms with E-state index < -0.39 is 0 Å². The number of amides is 1. The molecule has 2 rings (SSSR count). The Kier molecular flexibility index (Phi) is 5.35. The van der Waals surface area contributed by atoms with Gasteiger partial charge < -0.3 is 5.32 Å². The summed E-state index contributed by atoms with van der Waals surface area (Å²) >= 11 is 5.86. The van der Waals surface area contributed by atoms with E-state index in [0.29, 0.717) is 17.4 Å². The summed E-state index contributed by atoms with van der Waals surface area (Å²) in [5, 5.41) is 7.71. The zero-order valence-electron chi connectivity index (χ0n) is 11.7. The lowest BCUT2D eigenvalue weighted by Crippen LogP contribution is -2.13. The third-order valence-corrected chi connectivity index (χ3v) is 3.02. The van der Waals surface area contributed by atoms with E-state index in [1.54, 1.807) is 29.1 Å². The highest BCUT2D eigenvalue weighted by Crippen LogP contribution is 2.13. The second kappa shape index (κ2) is 7.45. The van der Waals surface area contributed by atoms with Crippen LogP contribution in [0.4, 0.5) is 5.82 Å². The topological polar surface area (TPSA) is 46.9 Å². The quantitative estimate of drug-likeness (QED) is 0.677. The zero-order chi connectivity index (χ0) is 15.1. The number of allylic oxidation sites excluding steroid dienone is 3. The number of anilines is 1. The average Bonchev–Trinajstić information content (AvgIpc) is 2.89. The van der Waals surface area contributed by atoms with E-state index in [2.05, 4.69) is 10.4 Å². The van der Waals surface area contributed by atoms with Crippen LogP contribution < -0.4 is 5.32 Å². The second-order valence-electron chi connectivity index (χ2n) is 4.37. The normalized spacial score (nSPS) is 11.3. The van der Waals surface area contributed by atoms with E-state index in [0.717, 1.165) is 5.56 Å². The molecule has 0 aliphatic carbocycles. The number of rotatable bonds is 5. The van der Waals surface area contributed by atoms with Gasteiger partial charge in [-0.05, 0) is 24.6 Å². The Morgan fingerprint density at radius 2 is 2.05 bits per heavy atom. The molecule has 1 N–H and O–H groups in total. The third kappa shape index (κ3) is 4.61. The van der Waals surface area contributed by atoms with Crippen LogP contribution in [0.3, 0.4) is 0 Å². The number of benzene rings is 1. The molecule has 108 valence electrons. The van der Waals surface area contributed by atoms with Crippen molar-refractivity contribution in [1.82, 2.24) is 9.78 Å². The summed E-state index contributed by atoms with van der Waals surface area (Å²) in [7, 11) is 0. The van der Waals surface area contributed by atoms with E-state index in [1.807, 2.05) is 37.3 Å². The summed E-state index contributed by atoms with van der Waals surface area (Å²) in [6, 6.07) is 9.29. The first-order valence-corrected chi connectivity index (χ1v) is 6.93. The minimum atomic E-state index is -0.189. The number of nitrogens with zero attached hydrogens (tertiary/aromatic N) is 2.